The number of pyridine rings is 1. The number of esters is 2. The number of carbonyl (C=O) groups is 4. The van der Waals surface area contributed by atoms with Gasteiger partial charge >= 0.3 is 24.1 Å². The lowest BCUT2D eigenvalue weighted by Gasteiger charge is -2.27. The van der Waals surface area contributed by atoms with Crippen molar-refractivity contribution in [3.63, 3.8) is 0 Å². The maximum atomic E-state index is 13.6. The van der Waals surface area contributed by atoms with E-state index in [0.29, 0.717) is 12.1 Å². The van der Waals surface area contributed by atoms with Gasteiger partial charge in [-0.3, -0.25) is 0 Å². The molecule has 274 valence electrons. The summed E-state index contributed by atoms with van der Waals surface area (Å²) in [5, 5.41) is 18.8. The highest BCUT2D eigenvalue weighted by atomic mass is 16.6. The van der Waals surface area contributed by atoms with Crippen LogP contribution in [0.5, 0.6) is 5.75 Å². The second-order valence-electron chi connectivity index (χ2n) is 13.9. The third-order valence-corrected chi connectivity index (χ3v) is 7.13. The SMILES string of the molecule is C=CC[n+]1cc([O-])c(C[C@H](NC(=O)OCc2ccccc2)C(=O)OC(C)(C)C)c(CC[C@H](NC(=O)OCc2ccccc2)C(=O)OC(C)(C)C)c1. The molecule has 0 saturated heterocycles. The summed E-state index contributed by atoms with van der Waals surface area (Å²) in [6, 6.07) is 15.7. The van der Waals surface area contributed by atoms with E-state index in [2.05, 4.69) is 17.2 Å². The maximum absolute atomic E-state index is 13.6. The van der Waals surface area contributed by atoms with Gasteiger partial charge in [0.1, 0.15) is 36.5 Å². The summed E-state index contributed by atoms with van der Waals surface area (Å²) in [5.41, 5.74) is 0.466. The fraction of sp³-hybridized carbons (Fsp3) is 0.410. The number of aryl methyl sites for hydroxylation is 1. The molecule has 0 fully saturated rings. The first-order valence-electron chi connectivity index (χ1n) is 16.8. The van der Waals surface area contributed by atoms with Crippen molar-refractivity contribution in [1.29, 1.82) is 0 Å². The molecule has 3 aromatic rings. The molecule has 2 atom stereocenters. The highest BCUT2D eigenvalue weighted by Gasteiger charge is 2.31. The van der Waals surface area contributed by atoms with Gasteiger partial charge in [-0.05, 0) is 82.9 Å². The minimum absolute atomic E-state index is 0.00945. The maximum Gasteiger partial charge on any atom is 0.408 e. The van der Waals surface area contributed by atoms with Gasteiger partial charge in [-0.25, -0.2) is 23.7 Å². The van der Waals surface area contributed by atoms with Crippen LogP contribution in [0.2, 0.25) is 0 Å². The van der Waals surface area contributed by atoms with Crippen molar-refractivity contribution in [3.05, 3.63) is 108 Å². The zero-order valence-electron chi connectivity index (χ0n) is 30.2. The molecule has 0 unspecified atom stereocenters. The molecule has 0 radical (unpaired) electrons. The van der Waals surface area contributed by atoms with Crippen LogP contribution in [0.15, 0.2) is 85.7 Å². The smallest absolute Gasteiger partial charge is 0.408 e. The summed E-state index contributed by atoms with van der Waals surface area (Å²) in [4.78, 5) is 52.5. The van der Waals surface area contributed by atoms with E-state index < -0.39 is 53.2 Å². The molecule has 2 amide bonds. The van der Waals surface area contributed by atoms with Gasteiger partial charge in [0.2, 0.25) is 0 Å². The standard InChI is InChI=1S/C39H49N3O9/c1-8-21-42-23-29(19-20-31(34(44)50-38(2,3)4)40-36(46)48-25-27-15-11-9-12-16-27)30(33(43)24-42)22-32(35(45)51-39(5,6)7)41-37(47)49-26-28-17-13-10-14-18-28/h8-18,23-24,31-32H,1,19-22,25-26H2,2-7H3,(H2-,40,41,43,46,47)/t31-,32-/m0/s1. The molecule has 0 saturated carbocycles. The van der Waals surface area contributed by atoms with Gasteiger partial charge in [-0.15, -0.1) is 0 Å². The number of rotatable bonds is 15. The Hall–Kier alpha value is -5.39. The zero-order chi connectivity index (χ0) is 37.6. The van der Waals surface area contributed by atoms with E-state index in [9.17, 15) is 24.3 Å². The van der Waals surface area contributed by atoms with E-state index >= 15 is 0 Å². The topological polar surface area (TPSA) is 156 Å². The fourth-order valence-electron chi connectivity index (χ4n) is 4.91. The zero-order valence-corrected chi connectivity index (χ0v) is 30.2. The highest BCUT2D eigenvalue weighted by molar-refractivity contribution is 5.82. The van der Waals surface area contributed by atoms with Gasteiger partial charge in [0.15, 0.2) is 18.9 Å². The van der Waals surface area contributed by atoms with Gasteiger partial charge in [0.05, 0.1) is 0 Å². The number of aromatic nitrogens is 1. The quantitative estimate of drug-likeness (QED) is 0.0965. The Morgan fingerprint density at radius 3 is 1.71 bits per heavy atom. The fourth-order valence-corrected chi connectivity index (χ4v) is 4.91. The first-order chi connectivity index (χ1) is 24.0. The molecule has 12 nitrogen and oxygen atoms in total. The van der Waals surface area contributed by atoms with Crippen LogP contribution in [0.1, 0.15) is 70.2 Å². The van der Waals surface area contributed by atoms with Gasteiger partial charge in [0, 0.05) is 12.0 Å². The number of allylic oxidation sites excluding steroid dienone is 1. The Kier molecular flexibility index (Phi) is 14.6. The number of hydrogen-bond donors (Lipinski definition) is 2. The summed E-state index contributed by atoms with van der Waals surface area (Å²) in [6.07, 6.45) is 2.88. The van der Waals surface area contributed by atoms with Crippen LogP contribution in [-0.2, 0) is 61.1 Å². The molecule has 51 heavy (non-hydrogen) atoms. The molecule has 0 aliphatic heterocycles. The molecular formula is C39H49N3O9. The molecule has 0 aliphatic carbocycles. The van der Waals surface area contributed by atoms with Crippen LogP contribution in [0, 0.1) is 0 Å². The second-order valence-corrected chi connectivity index (χ2v) is 13.9. The van der Waals surface area contributed by atoms with E-state index in [1.807, 2.05) is 36.4 Å². The normalized spacial score (nSPS) is 12.5. The van der Waals surface area contributed by atoms with Gasteiger partial charge in [-0.1, -0.05) is 67.2 Å². The van der Waals surface area contributed by atoms with Crippen LogP contribution in [0.3, 0.4) is 0 Å². The molecule has 12 heteroatoms. The summed E-state index contributed by atoms with van der Waals surface area (Å²) in [7, 11) is 0. The average Bonchev–Trinajstić information content (AvgIpc) is 3.05. The second kappa shape index (κ2) is 18.6. The third-order valence-electron chi connectivity index (χ3n) is 7.13. The van der Waals surface area contributed by atoms with Gasteiger partial charge < -0.3 is 34.7 Å². The molecule has 3 rings (SSSR count). The largest absolute Gasteiger partial charge is 0.868 e. The minimum Gasteiger partial charge on any atom is -0.868 e. The first-order valence-corrected chi connectivity index (χ1v) is 16.8. The van der Waals surface area contributed by atoms with Crippen molar-refractivity contribution in [2.45, 2.75) is 104 Å². The monoisotopic (exact) mass is 703 g/mol. The lowest BCUT2D eigenvalue weighted by Crippen LogP contribution is -2.46. The number of nitrogens with zero attached hydrogens (tertiary/aromatic N) is 1. The number of alkyl carbamates (subject to hydrolysis) is 2. The van der Waals surface area contributed by atoms with Crippen LogP contribution in [0.4, 0.5) is 9.59 Å². The van der Waals surface area contributed by atoms with E-state index in [0.717, 1.165) is 11.1 Å². The number of ether oxygens (including phenoxy) is 4. The van der Waals surface area contributed by atoms with E-state index in [4.69, 9.17) is 18.9 Å². The van der Waals surface area contributed by atoms with Crippen LogP contribution in [-0.4, -0.2) is 47.4 Å². The van der Waals surface area contributed by atoms with E-state index in [1.165, 1.54) is 6.20 Å². The van der Waals surface area contributed by atoms with Crippen molar-refractivity contribution < 1.29 is 47.8 Å². The lowest BCUT2D eigenvalue weighted by molar-refractivity contribution is -0.689. The minimum atomic E-state index is -1.29. The van der Waals surface area contributed by atoms with E-state index in [1.54, 1.807) is 82.6 Å². The molecule has 0 bridgehead atoms. The molecule has 0 spiro atoms. The Morgan fingerprint density at radius 2 is 1.24 bits per heavy atom. The predicted octanol–water partition coefficient (Wildman–Crippen LogP) is 4.98. The number of amides is 2. The molecular weight excluding hydrogens is 654 g/mol. The summed E-state index contributed by atoms with van der Waals surface area (Å²) < 4.78 is 23.6. The van der Waals surface area contributed by atoms with Crippen LogP contribution >= 0.6 is 0 Å². The van der Waals surface area contributed by atoms with Crippen molar-refractivity contribution >= 4 is 24.1 Å². The Bertz CT molecular complexity index is 1630. The predicted molar refractivity (Wildman–Crippen MR) is 187 cm³/mol. The third kappa shape index (κ3) is 14.5. The average molecular weight is 704 g/mol. The molecule has 2 aromatic carbocycles. The summed E-state index contributed by atoms with van der Waals surface area (Å²) in [6.45, 7) is 14.2. The van der Waals surface area contributed by atoms with E-state index in [-0.39, 0.29) is 38.0 Å². The molecule has 1 heterocycles. The first kappa shape index (κ1) is 40.0. The Balaban J connectivity index is 1.88. The molecule has 0 aliphatic rings. The van der Waals surface area contributed by atoms with Crippen molar-refractivity contribution in [3.8, 4) is 5.75 Å². The van der Waals surface area contributed by atoms with Crippen LogP contribution < -0.4 is 20.3 Å². The van der Waals surface area contributed by atoms with Crippen molar-refractivity contribution in [1.82, 2.24) is 10.6 Å². The number of carbonyl (C=O) groups excluding carboxylic acids is 4. The number of nitrogens with one attached hydrogen (secondary N) is 2. The molecule has 2 N–H and O–H groups in total. The van der Waals surface area contributed by atoms with Crippen molar-refractivity contribution in [2.75, 3.05) is 0 Å². The molecule has 1 aromatic heterocycles. The summed E-state index contributed by atoms with van der Waals surface area (Å²) in [5.74, 6) is -1.86. The van der Waals surface area contributed by atoms with Gasteiger partial charge in [-0.2, -0.15) is 0 Å². The van der Waals surface area contributed by atoms with Crippen molar-refractivity contribution in [2.24, 2.45) is 0 Å². The van der Waals surface area contributed by atoms with Crippen LogP contribution in [0.25, 0.3) is 0 Å². The Labute approximate surface area is 299 Å². The highest BCUT2D eigenvalue weighted by Crippen LogP contribution is 2.23. The van der Waals surface area contributed by atoms with Gasteiger partial charge in [0.25, 0.3) is 0 Å². The Morgan fingerprint density at radius 1 is 0.765 bits per heavy atom. The lowest BCUT2D eigenvalue weighted by atomic mass is 9.96. The number of hydrogen-bond acceptors (Lipinski definition) is 9. The number of benzene rings is 2. The summed E-state index contributed by atoms with van der Waals surface area (Å²) >= 11 is 0.